The first kappa shape index (κ1) is 13.1. The number of aliphatic hydroxyl groups excluding tert-OH is 1. The van der Waals surface area contributed by atoms with E-state index in [1.54, 1.807) is 12.1 Å². The zero-order valence-corrected chi connectivity index (χ0v) is 8.98. The highest BCUT2D eigenvalue weighted by atomic mass is 35.5. The SMILES string of the molecule is OCc1cccc(OCCC(F)(F)F)c1Cl. The van der Waals surface area contributed by atoms with Crippen molar-refractivity contribution in [3.05, 3.63) is 28.8 Å². The largest absolute Gasteiger partial charge is 0.492 e. The average Bonchev–Trinajstić information content (AvgIpc) is 2.19. The number of benzene rings is 1. The maximum absolute atomic E-state index is 11.9. The smallest absolute Gasteiger partial charge is 0.392 e. The predicted molar refractivity (Wildman–Crippen MR) is 53.5 cm³/mol. The molecule has 0 aromatic heterocycles. The fourth-order valence-electron chi connectivity index (χ4n) is 1.07. The summed E-state index contributed by atoms with van der Waals surface area (Å²) in [5.41, 5.74) is 0.422. The number of ether oxygens (including phenoxy) is 1. The van der Waals surface area contributed by atoms with Crippen LogP contribution >= 0.6 is 11.6 Å². The summed E-state index contributed by atoms with van der Waals surface area (Å²) in [5.74, 6) is 0.150. The molecule has 0 unspecified atom stereocenters. The second kappa shape index (κ2) is 5.41. The highest BCUT2D eigenvalue weighted by Gasteiger charge is 2.27. The van der Waals surface area contributed by atoms with Crippen molar-refractivity contribution in [2.45, 2.75) is 19.2 Å². The zero-order chi connectivity index (χ0) is 12.2. The van der Waals surface area contributed by atoms with Crippen LogP contribution in [-0.4, -0.2) is 17.9 Å². The zero-order valence-electron chi connectivity index (χ0n) is 8.22. The molecule has 0 aliphatic rings. The lowest BCUT2D eigenvalue weighted by Gasteiger charge is -2.11. The topological polar surface area (TPSA) is 29.5 Å². The molecular formula is C10H10ClF3O2. The maximum Gasteiger partial charge on any atom is 0.392 e. The molecule has 0 spiro atoms. The summed E-state index contributed by atoms with van der Waals surface area (Å²) in [6.07, 6.45) is -5.28. The summed E-state index contributed by atoms with van der Waals surface area (Å²) in [7, 11) is 0. The molecule has 0 heterocycles. The molecule has 2 nitrogen and oxygen atoms in total. The summed E-state index contributed by atoms with van der Waals surface area (Å²) in [6, 6.07) is 4.58. The Bertz CT molecular complexity index is 352. The first-order chi connectivity index (χ1) is 7.44. The van der Waals surface area contributed by atoms with Gasteiger partial charge in [-0.25, -0.2) is 0 Å². The molecule has 0 saturated heterocycles. The third kappa shape index (κ3) is 3.90. The van der Waals surface area contributed by atoms with Gasteiger partial charge in [-0.1, -0.05) is 23.7 Å². The van der Waals surface area contributed by atoms with E-state index in [9.17, 15) is 13.2 Å². The molecule has 0 aliphatic carbocycles. The van der Waals surface area contributed by atoms with E-state index in [2.05, 4.69) is 0 Å². The number of alkyl halides is 3. The van der Waals surface area contributed by atoms with Gasteiger partial charge < -0.3 is 9.84 Å². The summed E-state index contributed by atoms with van der Waals surface area (Å²) in [4.78, 5) is 0. The first-order valence-electron chi connectivity index (χ1n) is 4.52. The summed E-state index contributed by atoms with van der Waals surface area (Å²) in [6.45, 7) is -0.770. The molecule has 1 N–H and O–H groups in total. The predicted octanol–water partition coefficient (Wildman–Crippen LogP) is 3.16. The van der Waals surface area contributed by atoms with Crippen molar-refractivity contribution < 1.29 is 23.0 Å². The van der Waals surface area contributed by atoms with E-state index < -0.39 is 19.2 Å². The lowest BCUT2D eigenvalue weighted by molar-refractivity contribution is -0.139. The van der Waals surface area contributed by atoms with Crippen molar-refractivity contribution in [3.63, 3.8) is 0 Å². The Hall–Kier alpha value is -0.940. The van der Waals surface area contributed by atoms with Crippen molar-refractivity contribution in [3.8, 4) is 5.75 Å². The van der Waals surface area contributed by atoms with Crippen LogP contribution in [0.25, 0.3) is 0 Å². The quantitative estimate of drug-likeness (QED) is 0.894. The standard InChI is InChI=1S/C10H10ClF3O2/c11-9-7(6-15)2-1-3-8(9)16-5-4-10(12,13)14/h1-3,15H,4-6H2. The van der Waals surface area contributed by atoms with E-state index in [-0.39, 0.29) is 17.4 Å². The second-order valence-corrected chi connectivity index (χ2v) is 3.48. The van der Waals surface area contributed by atoms with Gasteiger partial charge >= 0.3 is 6.18 Å². The lowest BCUT2D eigenvalue weighted by atomic mass is 10.2. The highest BCUT2D eigenvalue weighted by Crippen LogP contribution is 2.29. The number of halogens is 4. The van der Waals surface area contributed by atoms with Gasteiger partial charge in [0.1, 0.15) is 5.75 Å². The number of hydrogen-bond acceptors (Lipinski definition) is 2. The van der Waals surface area contributed by atoms with Crippen molar-refractivity contribution in [1.82, 2.24) is 0 Å². The third-order valence-corrected chi connectivity index (χ3v) is 2.29. The van der Waals surface area contributed by atoms with Crippen LogP contribution in [-0.2, 0) is 6.61 Å². The van der Waals surface area contributed by atoms with Gasteiger partial charge in [0.15, 0.2) is 0 Å². The van der Waals surface area contributed by atoms with Gasteiger partial charge in [-0.15, -0.1) is 0 Å². The van der Waals surface area contributed by atoms with Crippen LogP contribution in [0.2, 0.25) is 5.02 Å². The monoisotopic (exact) mass is 254 g/mol. The fourth-order valence-corrected chi connectivity index (χ4v) is 1.31. The Morgan fingerprint density at radius 1 is 1.31 bits per heavy atom. The molecular weight excluding hydrogens is 245 g/mol. The van der Waals surface area contributed by atoms with Crippen LogP contribution in [0.3, 0.4) is 0 Å². The van der Waals surface area contributed by atoms with Crippen LogP contribution in [0.5, 0.6) is 5.75 Å². The van der Waals surface area contributed by atoms with Crippen molar-refractivity contribution in [2.75, 3.05) is 6.61 Å². The van der Waals surface area contributed by atoms with E-state index in [1.165, 1.54) is 6.07 Å². The van der Waals surface area contributed by atoms with Gasteiger partial charge in [-0.3, -0.25) is 0 Å². The van der Waals surface area contributed by atoms with E-state index >= 15 is 0 Å². The molecule has 0 bridgehead atoms. The Morgan fingerprint density at radius 2 is 2.00 bits per heavy atom. The second-order valence-electron chi connectivity index (χ2n) is 3.10. The Kier molecular flexibility index (Phi) is 4.44. The van der Waals surface area contributed by atoms with Crippen LogP contribution in [0.4, 0.5) is 13.2 Å². The van der Waals surface area contributed by atoms with Crippen LogP contribution < -0.4 is 4.74 Å². The number of hydrogen-bond donors (Lipinski definition) is 1. The average molecular weight is 255 g/mol. The minimum absolute atomic E-state index is 0.146. The van der Waals surface area contributed by atoms with E-state index in [0.717, 1.165) is 0 Å². The van der Waals surface area contributed by atoms with Gasteiger partial charge in [0, 0.05) is 0 Å². The lowest BCUT2D eigenvalue weighted by Crippen LogP contribution is -2.13. The molecule has 90 valence electrons. The molecule has 0 amide bonds. The van der Waals surface area contributed by atoms with Crippen LogP contribution in [0.1, 0.15) is 12.0 Å². The number of aliphatic hydroxyl groups is 1. The molecule has 0 aliphatic heterocycles. The molecule has 16 heavy (non-hydrogen) atoms. The molecule has 1 aromatic carbocycles. The molecule has 6 heteroatoms. The Morgan fingerprint density at radius 3 is 2.56 bits per heavy atom. The molecule has 1 aromatic rings. The van der Waals surface area contributed by atoms with Gasteiger partial charge in [0.25, 0.3) is 0 Å². The highest BCUT2D eigenvalue weighted by molar-refractivity contribution is 6.32. The first-order valence-corrected chi connectivity index (χ1v) is 4.89. The molecule has 0 saturated carbocycles. The molecule has 1 rings (SSSR count). The van der Waals surface area contributed by atoms with E-state index in [4.69, 9.17) is 21.4 Å². The Balaban J connectivity index is 2.61. The molecule has 0 fully saturated rings. The van der Waals surface area contributed by atoms with Crippen LogP contribution in [0.15, 0.2) is 18.2 Å². The molecule has 0 radical (unpaired) electrons. The van der Waals surface area contributed by atoms with Crippen molar-refractivity contribution in [1.29, 1.82) is 0 Å². The third-order valence-electron chi connectivity index (χ3n) is 1.86. The van der Waals surface area contributed by atoms with Gasteiger partial charge in [0.05, 0.1) is 24.7 Å². The van der Waals surface area contributed by atoms with Crippen LogP contribution in [0, 0.1) is 0 Å². The fraction of sp³-hybridized carbons (Fsp3) is 0.400. The summed E-state index contributed by atoms with van der Waals surface area (Å²) < 4.78 is 40.4. The Labute approximate surface area is 95.6 Å². The van der Waals surface area contributed by atoms with Crippen molar-refractivity contribution in [2.24, 2.45) is 0 Å². The van der Waals surface area contributed by atoms with Gasteiger partial charge in [-0.2, -0.15) is 13.2 Å². The molecule has 0 atom stereocenters. The minimum Gasteiger partial charge on any atom is -0.492 e. The summed E-state index contributed by atoms with van der Waals surface area (Å²) in [5, 5.41) is 9.02. The van der Waals surface area contributed by atoms with Gasteiger partial charge in [-0.05, 0) is 11.6 Å². The van der Waals surface area contributed by atoms with E-state index in [0.29, 0.717) is 5.56 Å². The number of rotatable bonds is 4. The van der Waals surface area contributed by atoms with Gasteiger partial charge in [0.2, 0.25) is 0 Å². The maximum atomic E-state index is 11.9. The van der Waals surface area contributed by atoms with E-state index in [1.807, 2.05) is 0 Å². The minimum atomic E-state index is -4.25. The summed E-state index contributed by atoms with van der Waals surface area (Å²) >= 11 is 5.79. The normalized spacial score (nSPS) is 11.6. The van der Waals surface area contributed by atoms with Crippen molar-refractivity contribution >= 4 is 11.6 Å².